The molecule has 1 aromatic carbocycles. The van der Waals surface area contributed by atoms with Crippen LogP contribution in [0, 0.1) is 11.6 Å². The molecule has 5 nitrogen and oxygen atoms in total. The number of rotatable bonds is 4. The van der Waals surface area contributed by atoms with E-state index < -0.39 is 29.2 Å². The number of carbonyl (C=O) groups is 1. The maximum Gasteiger partial charge on any atom is 0.264 e. The average Bonchev–Trinajstić information content (AvgIpc) is 3.17. The Morgan fingerprint density at radius 3 is 2.87 bits per heavy atom. The van der Waals surface area contributed by atoms with Gasteiger partial charge in [-0.15, -0.1) is 0 Å². The quantitative estimate of drug-likeness (QED) is 0.888. The van der Waals surface area contributed by atoms with Crippen LogP contribution in [0.15, 0.2) is 23.4 Å². The molecule has 1 atom stereocenters. The summed E-state index contributed by atoms with van der Waals surface area (Å²) in [4.78, 5) is 17.1. The van der Waals surface area contributed by atoms with Crippen molar-refractivity contribution in [2.75, 3.05) is 6.54 Å². The Balaban J connectivity index is 1.58. The van der Waals surface area contributed by atoms with Crippen LogP contribution in [0.4, 0.5) is 8.78 Å². The van der Waals surface area contributed by atoms with Crippen LogP contribution >= 0.6 is 0 Å². The van der Waals surface area contributed by atoms with E-state index in [1.165, 1.54) is 0 Å². The lowest BCUT2D eigenvalue weighted by molar-refractivity contribution is -0.132. The van der Waals surface area contributed by atoms with E-state index in [0.717, 1.165) is 31.0 Å². The van der Waals surface area contributed by atoms with Crippen molar-refractivity contribution >= 4 is 11.6 Å². The van der Waals surface area contributed by atoms with Crippen LogP contribution in [-0.4, -0.2) is 35.0 Å². The number of aliphatic hydroxyl groups is 1. The molecule has 0 saturated heterocycles. The van der Waals surface area contributed by atoms with Crippen LogP contribution < -0.4 is 5.32 Å². The van der Waals surface area contributed by atoms with Crippen LogP contribution in [0.2, 0.25) is 0 Å². The van der Waals surface area contributed by atoms with E-state index in [1.807, 2.05) is 0 Å². The summed E-state index contributed by atoms with van der Waals surface area (Å²) in [5.74, 6) is -1.61. The minimum atomic E-state index is -0.891. The predicted octanol–water partition coefficient (Wildman–Crippen LogP) is 1.88. The standard InChI is InChI=1S/C16H18F2N2O3/c17-10-3-4-12(18)11(7-10)13-8-14(23-20-13)15(21)19-9-16(22)5-1-2-6-16/h3-4,7,14,22H,1-2,5-6,8-9H2,(H,19,21). The molecule has 0 spiro atoms. The molecule has 3 rings (SSSR count). The highest BCUT2D eigenvalue weighted by Gasteiger charge is 2.34. The van der Waals surface area contributed by atoms with Gasteiger partial charge in [-0.3, -0.25) is 4.79 Å². The second kappa shape index (κ2) is 6.23. The number of nitrogens with one attached hydrogen (secondary N) is 1. The number of amides is 1. The second-order valence-electron chi connectivity index (χ2n) is 6.11. The maximum atomic E-state index is 13.7. The van der Waals surface area contributed by atoms with Gasteiger partial charge in [-0.2, -0.15) is 0 Å². The zero-order valence-corrected chi connectivity index (χ0v) is 12.5. The summed E-state index contributed by atoms with van der Waals surface area (Å²) in [6, 6.07) is 3.05. The van der Waals surface area contributed by atoms with E-state index >= 15 is 0 Å². The maximum absolute atomic E-state index is 13.7. The third kappa shape index (κ3) is 3.50. The van der Waals surface area contributed by atoms with Crippen LogP contribution in [0.3, 0.4) is 0 Å². The molecule has 1 aromatic rings. The number of carbonyl (C=O) groups excluding carboxylic acids is 1. The van der Waals surface area contributed by atoms with E-state index in [9.17, 15) is 18.7 Å². The summed E-state index contributed by atoms with van der Waals surface area (Å²) in [6.45, 7) is 0.162. The minimum Gasteiger partial charge on any atom is -0.388 e. The predicted molar refractivity (Wildman–Crippen MR) is 78.8 cm³/mol. The molecule has 1 aliphatic heterocycles. The number of hydrogen-bond acceptors (Lipinski definition) is 4. The molecule has 2 N–H and O–H groups in total. The van der Waals surface area contributed by atoms with Gasteiger partial charge in [0.2, 0.25) is 6.10 Å². The van der Waals surface area contributed by atoms with Crippen molar-refractivity contribution in [3.63, 3.8) is 0 Å². The molecule has 0 bridgehead atoms. The van der Waals surface area contributed by atoms with Crippen molar-refractivity contribution in [1.82, 2.24) is 5.32 Å². The monoisotopic (exact) mass is 324 g/mol. The van der Waals surface area contributed by atoms with E-state index in [0.29, 0.717) is 12.8 Å². The van der Waals surface area contributed by atoms with E-state index in [-0.39, 0.29) is 24.2 Å². The molecule has 0 radical (unpaired) electrons. The largest absolute Gasteiger partial charge is 0.388 e. The lowest BCUT2D eigenvalue weighted by Gasteiger charge is -2.22. The van der Waals surface area contributed by atoms with E-state index in [1.54, 1.807) is 0 Å². The van der Waals surface area contributed by atoms with Crippen LogP contribution in [-0.2, 0) is 9.63 Å². The van der Waals surface area contributed by atoms with Crippen molar-refractivity contribution in [3.8, 4) is 0 Å². The molecule has 1 saturated carbocycles. The lowest BCUT2D eigenvalue weighted by atomic mass is 10.0. The second-order valence-corrected chi connectivity index (χ2v) is 6.11. The summed E-state index contributed by atoms with van der Waals surface area (Å²) in [5.41, 5.74) is -0.663. The van der Waals surface area contributed by atoms with Crippen LogP contribution in [0.1, 0.15) is 37.7 Å². The van der Waals surface area contributed by atoms with Gasteiger partial charge in [-0.25, -0.2) is 8.78 Å². The number of oxime groups is 1. The Kier molecular flexibility index (Phi) is 4.30. The molecule has 23 heavy (non-hydrogen) atoms. The van der Waals surface area contributed by atoms with Gasteiger partial charge in [0.1, 0.15) is 11.6 Å². The van der Waals surface area contributed by atoms with Crippen molar-refractivity contribution in [3.05, 3.63) is 35.4 Å². The first-order chi connectivity index (χ1) is 11.0. The Morgan fingerprint density at radius 2 is 2.13 bits per heavy atom. The molecule has 1 unspecified atom stereocenters. The van der Waals surface area contributed by atoms with Gasteiger partial charge in [-0.1, -0.05) is 18.0 Å². The molecule has 124 valence electrons. The summed E-state index contributed by atoms with van der Waals surface area (Å²) in [7, 11) is 0. The molecule has 7 heteroatoms. The molecule has 2 aliphatic rings. The van der Waals surface area contributed by atoms with Gasteiger partial charge >= 0.3 is 0 Å². The molecule has 1 aliphatic carbocycles. The summed E-state index contributed by atoms with van der Waals surface area (Å²) in [5, 5.41) is 16.5. The summed E-state index contributed by atoms with van der Waals surface area (Å²) in [6.07, 6.45) is 2.38. The minimum absolute atomic E-state index is 0.00489. The smallest absolute Gasteiger partial charge is 0.264 e. The normalized spacial score (nSPS) is 22.6. The molecule has 1 amide bonds. The average molecular weight is 324 g/mol. The van der Waals surface area contributed by atoms with Gasteiger partial charge in [0, 0.05) is 18.5 Å². The Morgan fingerprint density at radius 1 is 1.39 bits per heavy atom. The highest BCUT2D eigenvalue weighted by atomic mass is 19.1. The number of hydrogen-bond donors (Lipinski definition) is 2. The van der Waals surface area contributed by atoms with Crippen molar-refractivity contribution in [2.24, 2.45) is 5.16 Å². The molecule has 0 aromatic heterocycles. The van der Waals surface area contributed by atoms with Gasteiger partial charge in [0.05, 0.1) is 11.3 Å². The first-order valence-electron chi connectivity index (χ1n) is 7.65. The molecule has 1 fully saturated rings. The Bertz CT molecular complexity index is 642. The Labute approximate surface area is 132 Å². The third-order valence-electron chi connectivity index (χ3n) is 4.33. The molecular weight excluding hydrogens is 306 g/mol. The van der Waals surface area contributed by atoms with Crippen molar-refractivity contribution in [2.45, 2.75) is 43.8 Å². The van der Waals surface area contributed by atoms with E-state index in [2.05, 4.69) is 10.5 Å². The fraction of sp³-hybridized carbons (Fsp3) is 0.500. The van der Waals surface area contributed by atoms with Crippen molar-refractivity contribution < 1.29 is 23.5 Å². The van der Waals surface area contributed by atoms with Crippen LogP contribution in [0.5, 0.6) is 0 Å². The van der Waals surface area contributed by atoms with Gasteiger partial charge in [0.25, 0.3) is 5.91 Å². The van der Waals surface area contributed by atoms with Gasteiger partial charge in [0.15, 0.2) is 0 Å². The lowest BCUT2D eigenvalue weighted by Crippen LogP contribution is -2.44. The zero-order chi connectivity index (χ0) is 16.4. The molecular formula is C16H18F2N2O3. The van der Waals surface area contributed by atoms with E-state index in [4.69, 9.17) is 4.84 Å². The van der Waals surface area contributed by atoms with Gasteiger partial charge < -0.3 is 15.3 Å². The van der Waals surface area contributed by atoms with Crippen molar-refractivity contribution in [1.29, 1.82) is 0 Å². The Hall–Kier alpha value is -2.02. The molecule has 1 heterocycles. The van der Waals surface area contributed by atoms with Crippen LogP contribution in [0.25, 0.3) is 0 Å². The number of nitrogens with zero attached hydrogens (tertiary/aromatic N) is 1. The highest BCUT2D eigenvalue weighted by Crippen LogP contribution is 2.28. The first-order valence-corrected chi connectivity index (χ1v) is 7.65. The first kappa shape index (κ1) is 15.9. The fourth-order valence-electron chi connectivity index (χ4n) is 2.97. The fourth-order valence-corrected chi connectivity index (χ4v) is 2.97. The number of halogens is 2. The van der Waals surface area contributed by atoms with Gasteiger partial charge in [-0.05, 0) is 31.0 Å². The summed E-state index contributed by atoms with van der Waals surface area (Å²) >= 11 is 0. The zero-order valence-electron chi connectivity index (χ0n) is 12.5. The topological polar surface area (TPSA) is 70.9 Å². The summed E-state index contributed by atoms with van der Waals surface area (Å²) < 4.78 is 26.9. The highest BCUT2D eigenvalue weighted by molar-refractivity contribution is 6.04. The SMILES string of the molecule is O=C(NCC1(O)CCCC1)C1CC(c2cc(F)ccc2F)=NO1. The third-order valence-corrected chi connectivity index (χ3v) is 4.33. The number of benzene rings is 1.